The van der Waals surface area contributed by atoms with E-state index in [1.54, 1.807) is 18.2 Å². The second-order valence-corrected chi connectivity index (χ2v) is 6.93. The fourth-order valence-corrected chi connectivity index (χ4v) is 3.27. The van der Waals surface area contributed by atoms with E-state index in [2.05, 4.69) is 17.8 Å². The van der Waals surface area contributed by atoms with Gasteiger partial charge in [0.05, 0.1) is 13.2 Å². The highest BCUT2D eigenvalue weighted by Crippen LogP contribution is 2.35. The second kappa shape index (κ2) is 10.3. The Balaban J connectivity index is 1.91. The van der Waals surface area contributed by atoms with Crippen molar-refractivity contribution in [2.45, 2.75) is 19.9 Å². The maximum absolute atomic E-state index is 13.1. The molecule has 164 valence electrons. The molecule has 1 aliphatic heterocycles. The SMILES string of the molecule is C#CCOc1c(CC=C)cc(/C=C2\NC(=O)N(Cc3ccc(F)cc3)C2=O)cc1OCC. The molecule has 0 spiro atoms. The summed E-state index contributed by atoms with van der Waals surface area (Å²) in [7, 11) is 0. The summed E-state index contributed by atoms with van der Waals surface area (Å²) in [5.74, 6) is 2.57. The molecule has 0 saturated carbocycles. The van der Waals surface area contributed by atoms with Crippen molar-refractivity contribution in [3.63, 3.8) is 0 Å². The van der Waals surface area contributed by atoms with E-state index in [1.807, 2.05) is 13.0 Å². The summed E-state index contributed by atoms with van der Waals surface area (Å²) in [6, 6.07) is 8.62. The van der Waals surface area contributed by atoms with E-state index >= 15 is 0 Å². The number of nitrogens with one attached hydrogen (secondary N) is 1. The van der Waals surface area contributed by atoms with Crippen LogP contribution < -0.4 is 14.8 Å². The normalized spacial score (nSPS) is 14.3. The quantitative estimate of drug-likeness (QED) is 0.280. The van der Waals surface area contributed by atoms with Gasteiger partial charge in [-0.2, -0.15) is 0 Å². The molecule has 7 heteroatoms. The summed E-state index contributed by atoms with van der Waals surface area (Å²) in [5.41, 5.74) is 2.19. The Labute approximate surface area is 186 Å². The van der Waals surface area contributed by atoms with Gasteiger partial charge in [0.15, 0.2) is 11.5 Å². The van der Waals surface area contributed by atoms with Gasteiger partial charge in [-0.1, -0.05) is 24.1 Å². The zero-order chi connectivity index (χ0) is 23.1. The van der Waals surface area contributed by atoms with E-state index in [-0.39, 0.29) is 24.7 Å². The van der Waals surface area contributed by atoms with Crippen molar-refractivity contribution < 1.29 is 23.5 Å². The van der Waals surface area contributed by atoms with Crippen LogP contribution in [0.15, 0.2) is 54.8 Å². The smallest absolute Gasteiger partial charge is 0.329 e. The molecule has 0 aliphatic carbocycles. The van der Waals surface area contributed by atoms with Gasteiger partial charge in [0.25, 0.3) is 5.91 Å². The molecule has 0 unspecified atom stereocenters. The van der Waals surface area contributed by atoms with E-state index < -0.39 is 11.9 Å². The second-order valence-electron chi connectivity index (χ2n) is 6.93. The van der Waals surface area contributed by atoms with Crippen LogP contribution in [0, 0.1) is 18.2 Å². The molecule has 0 bridgehead atoms. The minimum atomic E-state index is -0.545. The standard InChI is InChI=1S/C25H23FN2O4/c1-4-7-19-13-18(15-22(31-6-3)23(19)32-12-5-2)14-21-24(29)28(25(30)27-21)16-17-8-10-20(26)11-9-17/h2,4,8-11,13-15H,1,6-7,12,16H2,3H3,(H,27,30)/b21-14-. The number of hydrogen-bond acceptors (Lipinski definition) is 4. The predicted molar refractivity (Wildman–Crippen MR) is 119 cm³/mol. The molecule has 1 heterocycles. The Kier molecular flexibility index (Phi) is 7.29. The van der Waals surface area contributed by atoms with Crippen molar-refractivity contribution in [3.8, 4) is 23.8 Å². The largest absolute Gasteiger partial charge is 0.490 e. The van der Waals surface area contributed by atoms with Gasteiger partial charge in [0.1, 0.15) is 18.1 Å². The molecule has 2 aromatic carbocycles. The zero-order valence-corrected chi connectivity index (χ0v) is 17.7. The summed E-state index contributed by atoms with van der Waals surface area (Å²) in [6.07, 6.45) is 9.11. The Hall–Kier alpha value is -4.05. The average Bonchev–Trinajstić information content (AvgIpc) is 3.02. The molecule has 1 fully saturated rings. The van der Waals surface area contributed by atoms with Crippen LogP contribution in [0.5, 0.6) is 11.5 Å². The number of rotatable bonds is 9. The van der Waals surface area contributed by atoms with Gasteiger partial charge < -0.3 is 14.8 Å². The minimum Gasteiger partial charge on any atom is -0.490 e. The monoisotopic (exact) mass is 434 g/mol. The van der Waals surface area contributed by atoms with Crippen molar-refractivity contribution in [1.82, 2.24) is 10.2 Å². The van der Waals surface area contributed by atoms with Crippen LogP contribution in [-0.4, -0.2) is 30.1 Å². The first kappa shape index (κ1) is 22.6. The number of allylic oxidation sites excluding steroid dienone is 1. The van der Waals surface area contributed by atoms with Crippen LogP contribution in [0.4, 0.5) is 9.18 Å². The molecule has 1 aliphatic rings. The molecule has 3 rings (SSSR count). The minimum absolute atomic E-state index is 0.0348. The number of nitrogens with zero attached hydrogens (tertiary/aromatic N) is 1. The van der Waals surface area contributed by atoms with E-state index in [9.17, 15) is 14.0 Å². The highest BCUT2D eigenvalue weighted by molar-refractivity contribution is 6.13. The number of terminal acetylenes is 1. The van der Waals surface area contributed by atoms with Crippen molar-refractivity contribution >= 4 is 18.0 Å². The predicted octanol–water partition coefficient (Wildman–Crippen LogP) is 4.06. The van der Waals surface area contributed by atoms with Gasteiger partial charge in [-0.25, -0.2) is 9.18 Å². The van der Waals surface area contributed by atoms with Gasteiger partial charge in [0.2, 0.25) is 0 Å². The summed E-state index contributed by atoms with van der Waals surface area (Å²) in [4.78, 5) is 26.3. The van der Waals surface area contributed by atoms with Crippen LogP contribution in [0.2, 0.25) is 0 Å². The van der Waals surface area contributed by atoms with Crippen molar-refractivity contribution in [3.05, 3.63) is 77.3 Å². The molecule has 3 amide bonds. The summed E-state index contributed by atoms with van der Waals surface area (Å²) < 4.78 is 24.5. The van der Waals surface area contributed by atoms with Gasteiger partial charge in [-0.15, -0.1) is 13.0 Å². The van der Waals surface area contributed by atoms with Crippen LogP contribution in [0.1, 0.15) is 23.6 Å². The lowest BCUT2D eigenvalue weighted by atomic mass is 10.0. The molecule has 6 nitrogen and oxygen atoms in total. The number of carbonyl (C=O) groups excluding carboxylic acids is 2. The van der Waals surface area contributed by atoms with E-state index in [1.165, 1.54) is 24.3 Å². The van der Waals surface area contributed by atoms with Crippen molar-refractivity contribution in [2.24, 2.45) is 0 Å². The highest BCUT2D eigenvalue weighted by Gasteiger charge is 2.33. The number of carbonyl (C=O) groups is 2. The van der Waals surface area contributed by atoms with Gasteiger partial charge in [0, 0.05) is 5.56 Å². The summed E-state index contributed by atoms with van der Waals surface area (Å²) in [6.45, 7) is 6.13. The van der Waals surface area contributed by atoms with Crippen molar-refractivity contribution in [1.29, 1.82) is 0 Å². The topological polar surface area (TPSA) is 67.9 Å². The fraction of sp³-hybridized carbons (Fsp3) is 0.200. The van der Waals surface area contributed by atoms with E-state index in [4.69, 9.17) is 15.9 Å². The zero-order valence-electron chi connectivity index (χ0n) is 17.7. The third-order valence-electron chi connectivity index (χ3n) is 4.65. The average molecular weight is 434 g/mol. The first-order chi connectivity index (χ1) is 15.5. The van der Waals surface area contributed by atoms with Crippen LogP contribution in [0.25, 0.3) is 6.08 Å². The molecule has 32 heavy (non-hydrogen) atoms. The Morgan fingerprint density at radius 2 is 1.97 bits per heavy atom. The lowest BCUT2D eigenvalue weighted by Gasteiger charge is -2.15. The third-order valence-corrected chi connectivity index (χ3v) is 4.65. The number of ether oxygens (including phenoxy) is 2. The molecule has 1 N–H and O–H groups in total. The Morgan fingerprint density at radius 1 is 1.22 bits per heavy atom. The number of halogens is 1. The molecule has 1 saturated heterocycles. The fourth-order valence-electron chi connectivity index (χ4n) is 3.27. The first-order valence-corrected chi connectivity index (χ1v) is 10.0. The number of imide groups is 1. The van der Waals surface area contributed by atoms with Gasteiger partial charge >= 0.3 is 6.03 Å². The molecular formula is C25H23FN2O4. The number of urea groups is 1. The maximum Gasteiger partial charge on any atom is 0.329 e. The molecule has 2 aromatic rings. The first-order valence-electron chi connectivity index (χ1n) is 10.0. The summed E-state index contributed by atoms with van der Waals surface area (Å²) >= 11 is 0. The van der Waals surface area contributed by atoms with Gasteiger partial charge in [-0.3, -0.25) is 9.69 Å². The number of hydrogen-bond donors (Lipinski definition) is 1. The Morgan fingerprint density at radius 3 is 2.62 bits per heavy atom. The van der Waals surface area contributed by atoms with Crippen LogP contribution in [0.3, 0.4) is 0 Å². The number of benzene rings is 2. The molecule has 0 aromatic heterocycles. The van der Waals surface area contributed by atoms with Crippen molar-refractivity contribution in [2.75, 3.05) is 13.2 Å². The van der Waals surface area contributed by atoms with E-state index in [0.717, 1.165) is 10.5 Å². The Bertz CT molecular complexity index is 1100. The molecular weight excluding hydrogens is 411 g/mol. The molecule has 0 radical (unpaired) electrons. The lowest BCUT2D eigenvalue weighted by Crippen LogP contribution is -2.30. The third kappa shape index (κ3) is 5.16. The molecule has 0 atom stereocenters. The highest BCUT2D eigenvalue weighted by atomic mass is 19.1. The van der Waals surface area contributed by atoms with Gasteiger partial charge in [-0.05, 0) is 54.8 Å². The van der Waals surface area contributed by atoms with Crippen LogP contribution >= 0.6 is 0 Å². The van der Waals surface area contributed by atoms with Crippen LogP contribution in [-0.2, 0) is 17.8 Å². The summed E-state index contributed by atoms with van der Waals surface area (Å²) in [5, 5.41) is 2.59. The lowest BCUT2D eigenvalue weighted by molar-refractivity contribution is -0.123. The number of amides is 3. The maximum atomic E-state index is 13.1. The van der Waals surface area contributed by atoms with E-state index in [0.29, 0.717) is 35.7 Å².